The molecule has 3 nitrogen and oxygen atoms in total. The maximum Gasteiger partial charge on any atom is 0.0534 e. The second-order valence-corrected chi connectivity index (χ2v) is 16.5. The Morgan fingerprint density at radius 1 is 0.333 bits per heavy atom. The average Bonchev–Trinajstić information content (AvgIpc) is 3.65. The van der Waals surface area contributed by atoms with E-state index in [-0.39, 0.29) is 0 Å². The second-order valence-electron chi connectivity index (χ2n) is 16.5. The lowest BCUT2D eigenvalue weighted by Crippen LogP contribution is -2.09. The molecule has 11 rings (SSSR count). The molecule has 1 aromatic heterocycles. The molecule has 1 heterocycles. The van der Waals surface area contributed by atoms with E-state index in [2.05, 4.69) is 288 Å². The third kappa shape index (κ3) is 8.18. The van der Waals surface area contributed by atoms with Crippen LogP contribution in [0.2, 0.25) is 0 Å². The van der Waals surface area contributed by atoms with Crippen molar-refractivity contribution in [1.82, 2.24) is 4.57 Å². The molecule has 0 saturated heterocycles. The van der Waals surface area contributed by atoms with Crippen LogP contribution in [-0.2, 0) is 0 Å². The van der Waals surface area contributed by atoms with E-state index in [0.29, 0.717) is 0 Å². The fraction of sp³-hybridized carbons (Fsp3) is 0.0159. The summed E-state index contributed by atoms with van der Waals surface area (Å²) < 4.78 is 2.26. The van der Waals surface area contributed by atoms with Gasteiger partial charge in [0, 0.05) is 51.4 Å². The Bertz CT molecular complexity index is 3310. The van der Waals surface area contributed by atoms with Crippen molar-refractivity contribution in [2.75, 3.05) is 9.80 Å². The van der Waals surface area contributed by atoms with E-state index in [9.17, 15) is 0 Å². The summed E-state index contributed by atoms with van der Waals surface area (Å²) in [6.45, 7) is 0. The van der Waals surface area contributed by atoms with Gasteiger partial charge in [-0.2, -0.15) is 0 Å². The zero-order valence-corrected chi connectivity index (χ0v) is 36.5. The predicted octanol–water partition coefficient (Wildman–Crippen LogP) is 17.5. The molecule has 1 aliphatic rings. The third-order valence-electron chi connectivity index (χ3n) is 12.5. The second kappa shape index (κ2) is 18.2. The van der Waals surface area contributed by atoms with E-state index >= 15 is 0 Å². The minimum Gasteiger partial charge on any atom is -0.317 e. The largest absolute Gasteiger partial charge is 0.317 e. The average molecular weight is 846 g/mol. The lowest BCUT2D eigenvalue weighted by Gasteiger charge is -2.26. The van der Waals surface area contributed by atoms with Crippen LogP contribution in [0.3, 0.4) is 0 Å². The molecule has 10 aromatic rings. The van der Waals surface area contributed by atoms with E-state index in [1.54, 1.807) is 0 Å². The van der Waals surface area contributed by atoms with E-state index in [1.807, 2.05) is 0 Å². The molecular weight excluding hydrogens is 799 g/mol. The molecule has 0 atom stereocenters. The molecule has 0 bridgehead atoms. The van der Waals surface area contributed by atoms with Crippen LogP contribution in [-0.4, -0.2) is 4.57 Å². The van der Waals surface area contributed by atoms with Gasteiger partial charge in [0.15, 0.2) is 0 Å². The standard InChI is InChI=1S/C63H47N3/c1-2-7-16-47(15-6-1)50-29-37-57(38-30-50)65(55-19-10-4-11-20-55)58-39-31-51(32-40-58)48-25-27-49(28-26-48)52-33-41-59(42-34-52)66(56-21-12-5-13-22-56)60-43-35-53(36-44-60)61-23-14-24-63-62(61)45-46-64(63)54-17-8-3-9-18-54/h1-6,8-46H,7H2. The van der Waals surface area contributed by atoms with Crippen LogP contribution in [0.4, 0.5) is 34.1 Å². The molecule has 0 fully saturated rings. The molecule has 0 N–H and O–H groups in total. The highest BCUT2D eigenvalue weighted by Gasteiger charge is 2.16. The number of benzene rings is 9. The van der Waals surface area contributed by atoms with Crippen LogP contribution in [0.5, 0.6) is 0 Å². The number of aromatic nitrogens is 1. The number of allylic oxidation sites excluding steroid dienone is 6. The molecule has 0 amide bonds. The molecule has 66 heavy (non-hydrogen) atoms. The van der Waals surface area contributed by atoms with Crippen molar-refractivity contribution in [3.63, 3.8) is 0 Å². The van der Waals surface area contributed by atoms with Gasteiger partial charge in [0.05, 0.1) is 5.52 Å². The van der Waals surface area contributed by atoms with Crippen molar-refractivity contribution in [1.29, 1.82) is 0 Å². The quantitative estimate of drug-likeness (QED) is 0.128. The number of anilines is 6. The maximum absolute atomic E-state index is 2.33. The van der Waals surface area contributed by atoms with Gasteiger partial charge in [-0.25, -0.2) is 0 Å². The first-order valence-electron chi connectivity index (χ1n) is 22.6. The van der Waals surface area contributed by atoms with Gasteiger partial charge in [0.25, 0.3) is 0 Å². The number of nitrogens with zero attached hydrogens (tertiary/aromatic N) is 3. The van der Waals surface area contributed by atoms with Gasteiger partial charge >= 0.3 is 0 Å². The number of hydrogen-bond donors (Lipinski definition) is 0. The highest BCUT2D eigenvalue weighted by Crippen LogP contribution is 2.40. The van der Waals surface area contributed by atoms with Gasteiger partial charge in [0.2, 0.25) is 0 Å². The van der Waals surface area contributed by atoms with Crippen LogP contribution in [0.1, 0.15) is 12.0 Å². The fourth-order valence-corrected chi connectivity index (χ4v) is 9.13. The molecule has 0 radical (unpaired) electrons. The first kappa shape index (κ1) is 40.1. The summed E-state index contributed by atoms with van der Waals surface area (Å²) in [4.78, 5) is 4.65. The lowest BCUT2D eigenvalue weighted by molar-refractivity contribution is 1.13. The zero-order chi connectivity index (χ0) is 44.1. The van der Waals surface area contributed by atoms with Gasteiger partial charge in [-0.05, 0) is 148 Å². The van der Waals surface area contributed by atoms with Crippen molar-refractivity contribution in [2.24, 2.45) is 0 Å². The summed E-state index contributed by atoms with van der Waals surface area (Å²) in [6, 6.07) is 85.1. The summed E-state index contributed by atoms with van der Waals surface area (Å²) in [5.41, 5.74) is 18.6. The van der Waals surface area contributed by atoms with Gasteiger partial charge in [-0.15, -0.1) is 0 Å². The summed E-state index contributed by atoms with van der Waals surface area (Å²) in [7, 11) is 0. The van der Waals surface area contributed by atoms with Gasteiger partial charge in [-0.3, -0.25) is 0 Å². The molecule has 314 valence electrons. The Morgan fingerprint density at radius 2 is 0.758 bits per heavy atom. The molecule has 1 aliphatic carbocycles. The summed E-state index contributed by atoms with van der Waals surface area (Å²) >= 11 is 0. The third-order valence-corrected chi connectivity index (χ3v) is 12.5. The number of para-hydroxylation sites is 3. The number of hydrogen-bond acceptors (Lipinski definition) is 2. The summed E-state index contributed by atoms with van der Waals surface area (Å²) in [5, 5.41) is 1.23. The van der Waals surface area contributed by atoms with Gasteiger partial charge in [-0.1, -0.05) is 170 Å². The minimum absolute atomic E-state index is 0.943. The fourth-order valence-electron chi connectivity index (χ4n) is 9.13. The van der Waals surface area contributed by atoms with Crippen molar-refractivity contribution < 1.29 is 0 Å². The van der Waals surface area contributed by atoms with Crippen LogP contribution >= 0.6 is 0 Å². The predicted molar refractivity (Wildman–Crippen MR) is 280 cm³/mol. The molecule has 0 aliphatic heterocycles. The van der Waals surface area contributed by atoms with Crippen LogP contribution in [0.25, 0.3) is 55.5 Å². The minimum atomic E-state index is 0.943. The zero-order valence-electron chi connectivity index (χ0n) is 36.5. The molecule has 9 aromatic carbocycles. The van der Waals surface area contributed by atoms with E-state index < -0.39 is 0 Å². The van der Waals surface area contributed by atoms with Gasteiger partial charge in [0.1, 0.15) is 0 Å². The Morgan fingerprint density at radius 3 is 1.26 bits per heavy atom. The van der Waals surface area contributed by atoms with E-state index in [4.69, 9.17) is 0 Å². The van der Waals surface area contributed by atoms with Crippen molar-refractivity contribution >= 4 is 50.6 Å². The van der Waals surface area contributed by atoms with Gasteiger partial charge < -0.3 is 14.4 Å². The maximum atomic E-state index is 2.33. The summed E-state index contributed by atoms with van der Waals surface area (Å²) in [6.07, 6.45) is 14.0. The lowest BCUT2D eigenvalue weighted by atomic mass is 9.99. The van der Waals surface area contributed by atoms with Crippen LogP contribution in [0, 0.1) is 0 Å². The Hall–Kier alpha value is -8.66. The molecule has 0 spiro atoms. The number of rotatable bonds is 11. The topological polar surface area (TPSA) is 11.4 Å². The Balaban J connectivity index is 0.825. The van der Waals surface area contributed by atoms with E-state index in [0.717, 1.165) is 46.2 Å². The van der Waals surface area contributed by atoms with Crippen LogP contribution in [0.15, 0.2) is 273 Å². The first-order chi connectivity index (χ1) is 32.7. The smallest absolute Gasteiger partial charge is 0.0534 e. The monoisotopic (exact) mass is 845 g/mol. The highest BCUT2D eigenvalue weighted by atomic mass is 15.1. The van der Waals surface area contributed by atoms with Crippen LogP contribution < -0.4 is 9.80 Å². The molecule has 3 heteroatoms. The molecular formula is C63H47N3. The SMILES string of the molecule is C1=CCC=C(c2ccc(N(c3ccccc3)c3ccc(-c4ccc(-c5ccc(N(c6ccccc6)c6ccc(-c7cccc8c7ccn8-c7ccccc7)cc6)cc5)cc4)cc3)cc2)C=C1. The normalized spacial score (nSPS) is 12.2. The van der Waals surface area contributed by atoms with Crippen molar-refractivity contribution in [2.45, 2.75) is 6.42 Å². The Labute approximate surface area is 387 Å². The van der Waals surface area contributed by atoms with Crippen molar-refractivity contribution in [3.8, 4) is 39.1 Å². The summed E-state index contributed by atoms with van der Waals surface area (Å²) in [5.74, 6) is 0. The van der Waals surface area contributed by atoms with E-state index in [1.165, 1.54) is 55.4 Å². The van der Waals surface area contributed by atoms with Crippen molar-refractivity contribution in [3.05, 3.63) is 279 Å². The highest BCUT2D eigenvalue weighted by molar-refractivity contribution is 5.97. The molecule has 0 unspecified atom stereocenters. The molecule has 0 saturated carbocycles. The Kier molecular flexibility index (Phi) is 11.1. The number of fused-ring (bicyclic) bond motifs is 1. The first-order valence-corrected chi connectivity index (χ1v) is 22.6.